The van der Waals surface area contributed by atoms with E-state index in [1.54, 1.807) is 10.9 Å². The Kier molecular flexibility index (Phi) is 6.00. The number of nitrogens with zero attached hydrogens (tertiary/aromatic N) is 2. The monoisotopic (exact) mass is 393 g/mol. The van der Waals surface area contributed by atoms with Crippen molar-refractivity contribution in [2.24, 2.45) is 0 Å². The van der Waals surface area contributed by atoms with Crippen LogP contribution in [0.4, 0.5) is 13.2 Å². The van der Waals surface area contributed by atoms with E-state index in [1.165, 1.54) is 18.2 Å². The molecule has 4 N–H and O–H groups in total. The largest absolute Gasteiger partial charge is 0.416 e. The fraction of sp³-hybridized carbons (Fsp3) is 0.333. The number of allylic oxidation sites excluding steroid dienone is 2. The third-order valence-corrected chi connectivity index (χ3v) is 4.49. The van der Waals surface area contributed by atoms with Crippen LogP contribution in [0.1, 0.15) is 22.9 Å². The van der Waals surface area contributed by atoms with E-state index in [0.29, 0.717) is 29.9 Å². The highest BCUT2D eigenvalue weighted by Gasteiger charge is 2.35. The Hall–Kier alpha value is -2.85. The molecule has 7 nitrogen and oxygen atoms in total. The molecule has 0 spiro atoms. The van der Waals surface area contributed by atoms with Crippen molar-refractivity contribution < 1.29 is 22.6 Å². The van der Waals surface area contributed by atoms with E-state index in [0.717, 1.165) is 24.6 Å². The van der Waals surface area contributed by atoms with Crippen LogP contribution in [0, 0.1) is 10.8 Å². The van der Waals surface area contributed by atoms with Gasteiger partial charge in [-0.05, 0) is 23.8 Å². The number of aromatic nitrogens is 3. The molecule has 1 fully saturated rings. The number of alkyl halides is 3. The zero-order valence-corrected chi connectivity index (χ0v) is 14.8. The van der Waals surface area contributed by atoms with Gasteiger partial charge in [0, 0.05) is 30.6 Å². The quantitative estimate of drug-likeness (QED) is 0.428. The molecule has 0 aliphatic carbocycles. The number of nitrogens with one attached hydrogen (secondary N) is 4. The van der Waals surface area contributed by atoms with Gasteiger partial charge >= 0.3 is 6.18 Å². The number of halogens is 3. The summed E-state index contributed by atoms with van der Waals surface area (Å²) in [6.45, 7) is 1.43. The minimum absolute atomic E-state index is 0.0809. The number of H-pyrrole nitrogens is 1. The van der Waals surface area contributed by atoms with Crippen LogP contribution in [0.2, 0.25) is 0 Å². The molecular weight excluding hydrogens is 373 g/mol. The van der Waals surface area contributed by atoms with Crippen LogP contribution in [0.5, 0.6) is 0 Å². The summed E-state index contributed by atoms with van der Waals surface area (Å²) in [6, 6.07) is 4.85. The Balaban J connectivity index is 1.65. The Labute approximate surface area is 159 Å². The van der Waals surface area contributed by atoms with Gasteiger partial charge in [0.05, 0.1) is 17.7 Å². The summed E-state index contributed by atoms with van der Waals surface area (Å²) < 4.78 is 45.6. The average Bonchev–Trinajstić information content (AvgIpc) is 3.33. The number of aromatic amines is 1. The van der Waals surface area contributed by atoms with Gasteiger partial charge in [0.2, 0.25) is 5.69 Å². The predicted molar refractivity (Wildman–Crippen MR) is 96.3 cm³/mol. The first-order valence-electron chi connectivity index (χ1n) is 8.59. The van der Waals surface area contributed by atoms with Gasteiger partial charge in [-0.15, -0.1) is 0 Å². The van der Waals surface area contributed by atoms with Gasteiger partial charge in [-0.25, -0.2) is 0 Å². The van der Waals surface area contributed by atoms with Crippen LogP contribution in [-0.4, -0.2) is 41.9 Å². The lowest BCUT2D eigenvalue weighted by Crippen LogP contribution is -2.47. The van der Waals surface area contributed by atoms with Crippen LogP contribution in [0.25, 0.3) is 5.57 Å². The fourth-order valence-electron chi connectivity index (χ4n) is 2.99. The number of hydrogen-bond acceptors (Lipinski definition) is 5. The zero-order chi connectivity index (χ0) is 20.1. The van der Waals surface area contributed by atoms with Crippen LogP contribution >= 0.6 is 0 Å². The van der Waals surface area contributed by atoms with Crippen molar-refractivity contribution in [1.82, 2.24) is 15.6 Å². The molecule has 1 aromatic heterocycles. The smallest absolute Gasteiger partial charge is 0.368 e. The van der Waals surface area contributed by atoms with Crippen LogP contribution in [-0.2, 0) is 17.5 Å². The van der Waals surface area contributed by atoms with E-state index in [2.05, 4.69) is 15.6 Å². The van der Waals surface area contributed by atoms with E-state index in [9.17, 15) is 13.2 Å². The molecule has 0 amide bonds. The normalized spacial score (nSPS) is 20.3. The minimum Gasteiger partial charge on any atom is -0.368 e. The lowest BCUT2D eigenvalue weighted by atomic mass is 10.1. The third-order valence-electron chi connectivity index (χ3n) is 4.49. The molecule has 0 saturated carbocycles. The molecular formula is C18H20F3N6O+. The lowest BCUT2D eigenvalue weighted by Gasteiger charge is -2.16. The van der Waals surface area contributed by atoms with E-state index >= 15 is 0 Å². The summed E-state index contributed by atoms with van der Waals surface area (Å²) in [7, 11) is 0. The second-order valence-electron chi connectivity index (χ2n) is 6.34. The van der Waals surface area contributed by atoms with Crippen LogP contribution < -0.4 is 10.00 Å². The Morgan fingerprint density at radius 1 is 1.25 bits per heavy atom. The molecule has 3 rings (SSSR count). The summed E-state index contributed by atoms with van der Waals surface area (Å²) in [6.07, 6.45) is 0.876. The molecule has 2 aromatic rings. The summed E-state index contributed by atoms with van der Waals surface area (Å²) >= 11 is 0. The first-order chi connectivity index (χ1) is 13.4. The predicted octanol–water partition coefficient (Wildman–Crippen LogP) is 2.13. The van der Waals surface area contributed by atoms with Gasteiger partial charge in [-0.1, -0.05) is 17.3 Å². The van der Waals surface area contributed by atoms with Crippen molar-refractivity contribution in [3.8, 4) is 0 Å². The zero-order valence-electron chi connectivity index (χ0n) is 14.8. The summed E-state index contributed by atoms with van der Waals surface area (Å²) in [5.41, 5.74) is 1.01. The molecule has 28 heavy (non-hydrogen) atoms. The lowest BCUT2D eigenvalue weighted by molar-refractivity contribution is -0.779. The Morgan fingerprint density at radius 2 is 2.00 bits per heavy atom. The maximum Gasteiger partial charge on any atom is 0.416 e. The van der Waals surface area contributed by atoms with E-state index < -0.39 is 11.7 Å². The van der Waals surface area contributed by atoms with E-state index in [-0.39, 0.29) is 18.8 Å². The van der Waals surface area contributed by atoms with Crippen molar-refractivity contribution in [3.05, 3.63) is 53.4 Å². The maximum atomic E-state index is 12.6. The fourth-order valence-corrected chi connectivity index (χ4v) is 2.99. The molecule has 1 saturated heterocycles. The number of hydrogen-bond donors (Lipinski definition) is 4. The number of ether oxygens (including phenoxy) is 1. The molecule has 1 aromatic carbocycles. The van der Waals surface area contributed by atoms with E-state index in [4.69, 9.17) is 15.6 Å². The van der Waals surface area contributed by atoms with E-state index in [1.807, 2.05) is 0 Å². The Morgan fingerprint density at radius 3 is 2.64 bits per heavy atom. The maximum absolute atomic E-state index is 12.6. The molecule has 10 heteroatoms. The third kappa shape index (κ3) is 4.52. The van der Waals surface area contributed by atoms with Crippen LogP contribution in [0.3, 0.4) is 0 Å². The van der Waals surface area contributed by atoms with Crippen molar-refractivity contribution >= 4 is 18.0 Å². The minimum atomic E-state index is -4.35. The standard InChI is InChI=1S/C18H19F3N6O/c19-18(20,21)14-3-1-12(2-4-14)11-28-17-9-24-8-16(17)27-10-15(25-26-27)13(7-23)5-6-22/h1-7,10,16-17,22-24H,8-9,11H2/p+1/b13-5+,22-6?,23-7?/t16-,17-/m1/s1. The molecule has 1 aliphatic heterocycles. The van der Waals surface area contributed by atoms with Gasteiger partial charge in [-0.2, -0.15) is 17.9 Å². The van der Waals surface area contributed by atoms with Gasteiger partial charge in [0.15, 0.2) is 12.2 Å². The summed E-state index contributed by atoms with van der Waals surface area (Å²) in [5, 5.41) is 24.8. The molecule has 1 aliphatic rings. The highest BCUT2D eigenvalue weighted by Crippen LogP contribution is 2.29. The molecule has 2 heterocycles. The van der Waals surface area contributed by atoms with Gasteiger partial charge < -0.3 is 20.9 Å². The summed E-state index contributed by atoms with van der Waals surface area (Å²) in [5.74, 6) is 0. The van der Waals surface area contributed by atoms with Crippen molar-refractivity contribution in [3.63, 3.8) is 0 Å². The average molecular weight is 393 g/mol. The highest BCUT2D eigenvalue weighted by atomic mass is 19.4. The molecule has 0 radical (unpaired) electrons. The molecule has 148 valence electrons. The van der Waals surface area contributed by atoms with Crippen molar-refractivity contribution in [2.75, 3.05) is 13.1 Å². The second-order valence-corrected chi connectivity index (χ2v) is 6.34. The molecule has 0 bridgehead atoms. The number of benzene rings is 1. The highest BCUT2D eigenvalue weighted by molar-refractivity contribution is 6.11. The SMILES string of the molecule is N=C/C=C(\C=N)c1c[n+]([C@@H]2CNC[C@H]2OCc2ccc(C(F)(F)F)cc2)[nH]n1. The Bertz CT molecular complexity index is 859. The summed E-state index contributed by atoms with van der Waals surface area (Å²) in [4.78, 5) is 0. The topological polar surface area (TPSA) is 102 Å². The van der Waals surface area contributed by atoms with Crippen molar-refractivity contribution in [2.45, 2.75) is 24.9 Å². The van der Waals surface area contributed by atoms with Gasteiger partial charge in [0.25, 0.3) is 0 Å². The molecule has 0 unspecified atom stereocenters. The number of rotatable bonds is 7. The van der Waals surface area contributed by atoms with Crippen molar-refractivity contribution in [1.29, 1.82) is 10.8 Å². The first-order valence-corrected chi connectivity index (χ1v) is 8.59. The second kappa shape index (κ2) is 8.44. The van der Waals surface area contributed by atoms with Crippen LogP contribution in [0.15, 0.2) is 36.5 Å². The van der Waals surface area contributed by atoms with Gasteiger partial charge in [-0.3, -0.25) is 0 Å². The first kappa shape index (κ1) is 19.9. The molecule has 2 atom stereocenters. The van der Waals surface area contributed by atoms with Gasteiger partial charge in [0.1, 0.15) is 6.10 Å².